The summed E-state index contributed by atoms with van der Waals surface area (Å²) in [6.45, 7) is 1.04. The Kier molecular flexibility index (Phi) is 5.61. The van der Waals surface area contributed by atoms with E-state index in [4.69, 9.17) is 0 Å². The van der Waals surface area contributed by atoms with Crippen molar-refractivity contribution in [2.45, 2.75) is 6.42 Å². The second-order valence-electron chi connectivity index (χ2n) is 6.92. The summed E-state index contributed by atoms with van der Waals surface area (Å²) in [5.74, 6) is -0.387. The number of amides is 1. The average Bonchev–Trinajstić information content (AvgIpc) is 3.25. The first-order valence-corrected chi connectivity index (χ1v) is 9.63. The molecule has 0 bridgehead atoms. The molecule has 0 saturated carbocycles. The summed E-state index contributed by atoms with van der Waals surface area (Å²) in [7, 11) is 0. The van der Waals surface area contributed by atoms with Crippen molar-refractivity contribution in [1.29, 1.82) is 0 Å². The van der Waals surface area contributed by atoms with Gasteiger partial charge in [-0.25, -0.2) is 4.39 Å². The number of rotatable bonds is 6. The summed E-state index contributed by atoms with van der Waals surface area (Å²) >= 11 is 0. The molecule has 1 aliphatic rings. The summed E-state index contributed by atoms with van der Waals surface area (Å²) in [6.07, 6.45) is 2.71. The first-order chi connectivity index (χ1) is 14.2. The van der Waals surface area contributed by atoms with Gasteiger partial charge in [-0.2, -0.15) is 0 Å². The molecule has 3 aromatic carbocycles. The second-order valence-corrected chi connectivity index (χ2v) is 6.92. The first-order valence-electron chi connectivity index (χ1n) is 9.63. The molecule has 0 aromatic heterocycles. The smallest absolute Gasteiger partial charge is 0.251 e. The van der Waals surface area contributed by atoms with E-state index in [1.807, 2.05) is 66.7 Å². The van der Waals surface area contributed by atoms with Gasteiger partial charge in [0.05, 0.1) is 12.3 Å². The van der Waals surface area contributed by atoms with E-state index < -0.39 is 0 Å². The lowest BCUT2D eigenvalue weighted by Crippen LogP contribution is -2.27. The van der Waals surface area contributed by atoms with Gasteiger partial charge in [-0.1, -0.05) is 60.7 Å². The third kappa shape index (κ3) is 4.49. The molecule has 1 amide bonds. The summed E-state index contributed by atoms with van der Waals surface area (Å²) < 4.78 is 13.5. The maximum absolute atomic E-state index is 13.5. The van der Waals surface area contributed by atoms with Crippen molar-refractivity contribution in [1.82, 2.24) is 5.32 Å². The maximum atomic E-state index is 13.5. The average molecular weight is 384 g/mol. The normalized spacial score (nSPS) is 13.0. The molecular formula is C25H21FN2O. The molecule has 3 nitrogen and oxygen atoms in total. The van der Waals surface area contributed by atoms with E-state index in [-0.39, 0.29) is 11.7 Å². The Balaban J connectivity index is 1.49. The lowest BCUT2D eigenvalue weighted by molar-refractivity contribution is 0.0954. The lowest BCUT2D eigenvalue weighted by atomic mass is 10.00. The van der Waals surface area contributed by atoms with Crippen LogP contribution in [-0.2, 0) is 6.42 Å². The number of nitrogens with one attached hydrogen (secondary N) is 1. The summed E-state index contributed by atoms with van der Waals surface area (Å²) in [5.41, 5.74) is 5.07. The van der Waals surface area contributed by atoms with E-state index >= 15 is 0 Å². The molecule has 29 heavy (non-hydrogen) atoms. The fourth-order valence-electron chi connectivity index (χ4n) is 3.42. The maximum Gasteiger partial charge on any atom is 0.251 e. The van der Waals surface area contributed by atoms with Crippen LogP contribution >= 0.6 is 0 Å². The molecule has 0 aliphatic carbocycles. The zero-order valence-corrected chi connectivity index (χ0v) is 15.9. The molecule has 4 rings (SSSR count). The van der Waals surface area contributed by atoms with Crippen LogP contribution in [0.15, 0.2) is 89.9 Å². The molecule has 144 valence electrons. The summed E-state index contributed by atoms with van der Waals surface area (Å²) in [6, 6.07) is 24.0. The largest absolute Gasteiger partial charge is 0.352 e. The van der Waals surface area contributed by atoms with Crippen LogP contribution in [0.25, 0.3) is 5.57 Å². The number of hydrogen-bond donors (Lipinski definition) is 1. The molecule has 0 spiro atoms. The number of nitrogens with zero attached hydrogens (tertiary/aromatic N) is 1. The number of aliphatic imine (C=N–C) groups is 1. The van der Waals surface area contributed by atoms with Gasteiger partial charge in [0.25, 0.3) is 5.91 Å². The molecule has 0 saturated heterocycles. The standard InChI is InChI=1S/C25H21FN2O/c26-21-10-6-9-19(15-21)20-16-24(28-17-20)22-11-4-5-12-23(22)25(29)27-14-13-18-7-2-1-3-8-18/h1-12,15-16H,13-14,17H2,(H,27,29). The number of allylic oxidation sites excluding steroid dienone is 1. The molecule has 0 radical (unpaired) electrons. The quantitative estimate of drug-likeness (QED) is 0.658. The summed E-state index contributed by atoms with van der Waals surface area (Å²) in [4.78, 5) is 17.4. The van der Waals surface area contributed by atoms with Crippen molar-refractivity contribution in [2.24, 2.45) is 4.99 Å². The molecule has 1 aliphatic heterocycles. The van der Waals surface area contributed by atoms with Crippen molar-refractivity contribution in [3.05, 3.63) is 113 Å². The van der Waals surface area contributed by atoms with Crippen molar-refractivity contribution in [3.63, 3.8) is 0 Å². The molecule has 1 N–H and O–H groups in total. The monoisotopic (exact) mass is 384 g/mol. The molecular weight excluding hydrogens is 363 g/mol. The van der Waals surface area contributed by atoms with E-state index in [1.54, 1.807) is 6.07 Å². The molecule has 0 unspecified atom stereocenters. The number of hydrogen-bond acceptors (Lipinski definition) is 2. The highest BCUT2D eigenvalue weighted by atomic mass is 19.1. The van der Waals surface area contributed by atoms with Gasteiger partial charge in [0.15, 0.2) is 0 Å². The highest BCUT2D eigenvalue weighted by molar-refractivity contribution is 6.19. The highest BCUT2D eigenvalue weighted by Crippen LogP contribution is 2.23. The van der Waals surface area contributed by atoms with Crippen LogP contribution < -0.4 is 5.32 Å². The van der Waals surface area contributed by atoms with Crippen LogP contribution in [0.4, 0.5) is 4.39 Å². The predicted molar refractivity (Wildman–Crippen MR) is 115 cm³/mol. The Hall–Kier alpha value is -3.53. The Bertz CT molecular complexity index is 1090. The van der Waals surface area contributed by atoms with Crippen molar-refractivity contribution in [3.8, 4) is 0 Å². The lowest BCUT2D eigenvalue weighted by Gasteiger charge is -2.09. The van der Waals surface area contributed by atoms with Crippen LogP contribution in [0.5, 0.6) is 0 Å². The topological polar surface area (TPSA) is 41.5 Å². The Morgan fingerprint density at radius 2 is 1.76 bits per heavy atom. The van der Waals surface area contributed by atoms with Gasteiger partial charge in [0.2, 0.25) is 0 Å². The minimum Gasteiger partial charge on any atom is -0.352 e. The number of carbonyl (C=O) groups is 1. The summed E-state index contributed by atoms with van der Waals surface area (Å²) in [5, 5.41) is 3.00. The van der Waals surface area contributed by atoms with Crippen LogP contribution in [0.2, 0.25) is 0 Å². The fourth-order valence-corrected chi connectivity index (χ4v) is 3.42. The van der Waals surface area contributed by atoms with Gasteiger partial charge < -0.3 is 5.32 Å². The number of carbonyl (C=O) groups excluding carboxylic acids is 1. The van der Waals surface area contributed by atoms with E-state index in [0.717, 1.165) is 28.8 Å². The number of halogens is 1. The van der Waals surface area contributed by atoms with E-state index in [9.17, 15) is 9.18 Å². The van der Waals surface area contributed by atoms with Gasteiger partial charge in [0, 0.05) is 17.7 Å². The van der Waals surface area contributed by atoms with Gasteiger partial charge >= 0.3 is 0 Å². The van der Waals surface area contributed by atoms with Gasteiger partial charge in [-0.15, -0.1) is 0 Å². The molecule has 0 atom stereocenters. The van der Waals surface area contributed by atoms with E-state index in [2.05, 4.69) is 10.3 Å². The highest BCUT2D eigenvalue weighted by Gasteiger charge is 2.18. The van der Waals surface area contributed by atoms with E-state index in [0.29, 0.717) is 18.7 Å². The minimum absolute atomic E-state index is 0.119. The Morgan fingerprint density at radius 1 is 0.966 bits per heavy atom. The predicted octanol–water partition coefficient (Wildman–Crippen LogP) is 4.68. The third-order valence-electron chi connectivity index (χ3n) is 4.92. The molecule has 4 heteroatoms. The Morgan fingerprint density at radius 3 is 2.59 bits per heavy atom. The van der Waals surface area contributed by atoms with Gasteiger partial charge in [-0.3, -0.25) is 9.79 Å². The first kappa shape index (κ1) is 18.8. The third-order valence-corrected chi connectivity index (χ3v) is 4.92. The van der Waals surface area contributed by atoms with Crippen LogP contribution in [0.1, 0.15) is 27.0 Å². The second kappa shape index (κ2) is 8.65. The molecule has 1 heterocycles. The van der Waals surface area contributed by atoms with Gasteiger partial charge in [-0.05, 0) is 47.4 Å². The van der Waals surface area contributed by atoms with Crippen molar-refractivity contribution < 1.29 is 9.18 Å². The fraction of sp³-hybridized carbons (Fsp3) is 0.120. The van der Waals surface area contributed by atoms with Crippen molar-refractivity contribution in [2.75, 3.05) is 13.1 Å². The minimum atomic E-state index is -0.268. The van der Waals surface area contributed by atoms with Crippen LogP contribution in [-0.4, -0.2) is 24.7 Å². The number of benzene rings is 3. The molecule has 3 aromatic rings. The Labute approximate surface area is 169 Å². The van der Waals surface area contributed by atoms with Crippen molar-refractivity contribution >= 4 is 17.2 Å². The van der Waals surface area contributed by atoms with Gasteiger partial charge in [0.1, 0.15) is 5.82 Å². The van der Waals surface area contributed by atoms with Crippen LogP contribution in [0.3, 0.4) is 0 Å². The van der Waals surface area contributed by atoms with Crippen LogP contribution in [0, 0.1) is 5.82 Å². The zero-order chi connectivity index (χ0) is 20.1. The SMILES string of the molecule is O=C(NCCc1ccccc1)c1ccccc1C1=NCC(c2cccc(F)c2)=C1. The zero-order valence-electron chi connectivity index (χ0n) is 15.9. The molecule has 0 fully saturated rings. The van der Waals surface area contributed by atoms with E-state index in [1.165, 1.54) is 17.7 Å².